The molecule has 0 atom stereocenters. The average Bonchev–Trinajstić information content (AvgIpc) is 3.24. The van der Waals surface area contributed by atoms with Gasteiger partial charge in [-0.05, 0) is 25.1 Å². The molecule has 0 saturated carbocycles. The molecule has 2 N–H and O–H groups in total. The highest BCUT2D eigenvalue weighted by molar-refractivity contribution is 7.88. The number of aromatic nitrogens is 1. The predicted octanol–water partition coefficient (Wildman–Crippen LogP) is 1.00. The molecular formula is C19H27N5O5S. The molecule has 0 amide bonds. The molecule has 3 rings (SSSR count). The molecule has 164 valence electrons. The number of benzene rings is 1. The van der Waals surface area contributed by atoms with Crippen LogP contribution >= 0.6 is 0 Å². The number of sulfonamides is 1. The fraction of sp³-hybridized carbons (Fsp3) is 0.474. The van der Waals surface area contributed by atoms with Crippen LogP contribution in [-0.4, -0.2) is 73.7 Å². The number of hydrogen-bond acceptors (Lipinski definition) is 7. The molecule has 2 heterocycles. The zero-order chi connectivity index (χ0) is 21.6. The van der Waals surface area contributed by atoms with Crippen LogP contribution in [0.4, 0.5) is 0 Å². The van der Waals surface area contributed by atoms with Gasteiger partial charge in [0.25, 0.3) is 0 Å². The van der Waals surface area contributed by atoms with E-state index >= 15 is 0 Å². The van der Waals surface area contributed by atoms with Crippen molar-refractivity contribution in [2.45, 2.75) is 19.2 Å². The van der Waals surface area contributed by atoms with Crippen molar-refractivity contribution in [3.63, 3.8) is 0 Å². The normalized spacial score (nSPS) is 15.9. The van der Waals surface area contributed by atoms with Gasteiger partial charge in [0.1, 0.15) is 23.5 Å². The Labute approximate surface area is 176 Å². The molecule has 11 heteroatoms. The summed E-state index contributed by atoms with van der Waals surface area (Å²) in [6, 6.07) is 6.57. The monoisotopic (exact) mass is 437 g/mol. The first kappa shape index (κ1) is 21.9. The summed E-state index contributed by atoms with van der Waals surface area (Å²) in [6.07, 6.45) is 1.36. The Morgan fingerprint density at radius 2 is 2.07 bits per heavy atom. The van der Waals surface area contributed by atoms with Crippen molar-refractivity contribution in [1.29, 1.82) is 0 Å². The van der Waals surface area contributed by atoms with Crippen LogP contribution in [0.2, 0.25) is 0 Å². The number of ether oxygens (including phenoxy) is 1. The molecule has 0 spiro atoms. The second kappa shape index (κ2) is 9.81. The van der Waals surface area contributed by atoms with Crippen molar-refractivity contribution in [2.75, 3.05) is 39.8 Å². The van der Waals surface area contributed by atoms with E-state index in [0.717, 1.165) is 0 Å². The van der Waals surface area contributed by atoms with E-state index in [9.17, 15) is 13.5 Å². The van der Waals surface area contributed by atoms with Gasteiger partial charge in [0.2, 0.25) is 10.0 Å². The van der Waals surface area contributed by atoms with E-state index in [1.807, 2.05) is 11.8 Å². The van der Waals surface area contributed by atoms with E-state index in [-0.39, 0.29) is 18.0 Å². The third-order valence-corrected chi connectivity index (χ3v) is 6.59. The molecule has 1 aromatic heterocycles. The largest absolute Gasteiger partial charge is 0.508 e. The first-order valence-electron chi connectivity index (χ1n) is 9.69. The highest BCUT2D eigenvalue weighted by Gasteiger charge is 2.29. The number of nitrogens with one attached hydrogen (secondary N) is 1. The second-order valence-electron chi connectivity index (χ2n) is 6.80. The smallest absolute Gasteiger partial charge is 0.220 e. The van der Waals surface area contributed by atoms with E-state index in [1.165, 1.54) is 10.6 Å². The molecule has 0 aliphatic carbocycles. The van der Waals surface area contributed by atoms with Crippen LogP contribution in [0.3, 0.4) is 0 Å². The maximum Gasteiger partial charge on any atom is 0.220 e. The van der Waals surface area contributed by atoms with Gasteiger partial charge >= 0.3 is 0 Å². The minimum absolute atomic E-state index is 0.152. The first-order chi connectivity index (χ1) is 14.4. The second-order valence-corrected chi connectivity index (χ2v) is 8.77. The number of phenolic OH excluding ortho intramolecular Hbond substituents is 1. The number of aliphatic imine (C=N–C) groups is 1. The van der Waals surface area contributed by atoms with Crippen LogP contribution < -0.4 is 10.1 Å². The zero-order valence-corrected chi connectivity index (χ0v) is 17.9. The molecule has 1 saturated heterocycles. The lowest BCUT2D eigenvalue weighted by atomic mass is 10.2. The summed E-state index contributed by atoms with van der Waals surface area (Å²) in [5.41, 5.74) is 1.05. The Morgan fingerprint density at radius 1 is 1.30 bits per heavy atom. The maximum absolute atomic E-state index is 12.6. The summed E-state index contributed by atoms with van der Waals surface area (Å²) in [6.45, 7) is 4.65. The number of guanidine groups is 1. The Balaban J connectivity index is 1.64. The molecular weight excluding hydrogens is 410 g/mol. The van der Waals surface area contributed by atoms with Gasteiger partial charge in [0.15, 0.2) is 5.96 Å². The van der Waals surface area contributed by atoms with Gasteiger partial charge < -0.3 is 24.6 Å². The van der Waals surface area contributed by atoms with Gasteiger partial charge in [-0.25, -0.2) is 13.4 Å². The third-order valence-electron chi connectivity index (χ3n) is 4.77. The van der Waals surface area contributed by atoms with E-state index in [1.54, 1.807) is 31.4 Å². The van der Waals surface area contributed by atoms with Gasteiger partial charge in [-0.1, -0.05) is 5.16 Å². The topological polar surface area (TPSA) is 120 Å². The van der Waals surface area contributed by atoms with Crippen LogP contribution in [0.5, 0.6) is 11.5 Å². The SMILES string of the molecule is CCNC(=NCc1cc(OC)ccc1O)N1CCN(S(=O)(=O)Cc2ccon2)CC1. The maximum atomic E-state index is 12.6. The Hall–Kier alpha value is -2.79. The molecule has 30 heavy (non-hydrogen) atoms. The number of rotatable bonds is 7. The van der Waals surface area contributed by atoms with Gasteiger partial charge in [-0.2, -0.15) is 4.31 Å². The number of phenols is 1. The lowest BCUT2D eigenvalue weighted by Gasteiger charge is -2.35. The predicted molar refractivity (Wildman–Crippen MR) is 112 cm³/mol. The fourth-order valence-electron chi connectivity index (χ4n) is 3.17. The first-order valence-corrected chi connectivity index (χ1v) is 11.3. The number of aromatic hydroxyl groups is 1. The number of nitrogens with zero attached hydrogens (tertiary/aromatic N) is 4. The summed E-state index contributed by atoms with van der Waals surface area (Å²) in [4.78, 5) is 6.63. The summed E-state index contributed by atoms with van der Waals surface area (Å²) >= 11 is 0. The molecule has 2 aromatic rings. The average molecular weight is 438 g/mol. The zero-order valence-electron chi connectivity index (χ0n) is 17.1. The van der Waals surface area contributed by atoms with Crippen LogP contribution in [0.1, 0.15) is 18.2 Å². The Kier molecular flexibility index (Phi) is 7.16. The van der Waals surface area contributed by atoms with E-state index in [2.05, 4.69) is 15.5 Å². The van der Waals surface area contributed by atoms with Crippen molar-refractivity contribution in [2.24, 2.45) is 4.99 Å². The van der Waals surface area contributed by atoms with E-state index in [0.29, 0.717) is 55.7 Å². The van der Waals surface area contributed by atoms with Crippen LogP contribution in [-0.2, 0) is 22.3 Å². The van der Waals surface area contributed by atoms with Crippen molar-refractivity contribution in [3.05, 3.63) is 41.8 Å². The Bertz CT molecular complexity index is 954. The highest BCUT2D eigenvalue weighted by Crippen LogP contribution is 2.23. The lowest BCUT2D eigenvalue weighted by molar-refractivity contribution is 0.259. The number of piperazine rings is 1. The van der Waals surface area contributed by atoms with Crippen LogP contribution in [0.25, 0.3) is 0 Å². The highest BCUT2D eigenvalue weighted by atomic mass is 32.2. The third kappa shape index (κ3) is 5.42. The summed E-state index contributed by atoms with van der Waals surface area (Å²) in [5, 5.41) is 17.0. The number of methoxy groups -OCH3 is 1. The van der Waals surface area contributed by atoms with Crippen LogP contribution in [0.15, 0.2) is 40.0 Å². The molecule has 0 unspecified atom stereocenters. The standard InChI is InChI=1S/C19H27N5O5S/c1-3-20-19(21-13-15-12-17(28-2)4-5-18(15)25)23-7-9-24(10-8-23)30(26,27)14-16-6-11-29-22-16/h4-6,11-12,25H,3,7-10,13-14H2,1-2H3,(H,20,21). The van der Waals surface area contributed by atoms with Crippen molar-refractivity contribution in [3.8, 4) is 11.5 Å². The van der Waals surface area contributed by atoms with Gasteiger partial charge in [0, 0.05) is 44.4 Å². The fourth-order valence-corrected chi connectivity index (χ4v) is 4.59. The summed E-state index contributed by atoms with van der Waals surface area (Å²) in [5.74, 6) is 1.30. The van der Waals surface area contributed by atoms with Crippen molar-refractivity contribution in [1.82, 2.24) is 19.7 Å². The van der Waals surface area contributed by atoms with Gasteiger partial charge in [0.05, 0.1) is 19.3 Å². The molecule has 10 nitrogen and oxygen atoms in total. The van der Waals surface area contributed by atoms with Gasteiger partial charge in [-0.15, -0.1) is 0 Å². The van der Waals surface area contributed by atoms with E-state index < -0.39 is 10.0 Å². The minimum Gasteiger partial charge on any atom is -0.508 e. The van der Waals surface area contributed by atoms with E-state index in [4.69, 9.17) is 9.26 Å². The molecule has 0 bridgehead atoms. The Morgan fingerprint density at radius 3 is 2.70 bits per heavy atom. The molecule has 0 radical (unpaired) electrons. The summed E-state index contributed by atoms with van der Waals surface area (Å²) < 4.78 is 36.6. The van der Waals surface area contributed by atoms with Crippen molar-refractivity contribution >= 4 is 16.0 Å². The molecule has 1 aliphatic rings. The quantitative estimate of drug-likeness (QED) is 0.486. The molecule has 1 aromatic carbocycles. The minimum atomic E-state index is -3.46. The summed E-state index contributed by atoms with van der Waals surface area (Å²) in [7, 11) is -1.89. The lowest BCUT2D eigenvalue weighted by Crippen LogP contribution is -2.53. The van der Waals surface area contributed by atoms with Crippen molar-refractivity contribution < 1.29 is 22.8 Å². The molecule has 1 fully saturated rings. The van der Waals surface area contributed by atoms with Gasteiger partial charge in [-0.3, -0.25) is 0 Å². The number of hydrogen-bond donors (Lipinski definition) is 2. The molecule has 1 aliphatic heterocycles. The van der Waals surface area contributed by atoms with Crippen LogP contribution in [0, 0.1) is 0 Å².